The Labute approximate surface area is 203 Å². The average Bonchev–Trinajstić information content (AvgIpc) is 2.83. The molecule has 178 valence electrons. The molecule has 0 aliphatic carbocycles. The first-order chi connectivity index (χ1) is 16.3. The number of hydrazine groups is 1. The summed E-state index contributed by atoms with van der Waals surface area (Å²) in [6.07, 6.45) is 1.98. The Morgan fingerprint density at radius 3 is 2.15 bits per heavy atom. The fraction of sp³-hybridized carbons (Fsp3) is 0.167. The summed E-state index contributed by atoms with van der Waals surface area (Å²) in [6, 6.07) is 19.1. The van der Waals surface area contributed by atoms with Crippen molar-refractivity contribution >= 4 is 39.3 Å². The van der Waals surface area contributed by atoms with E-state index in [9.17, 15) is 18.0 Å². The Hall–Kier alpha value is -3.50. The van der Waals surface area contributed by atoms with E-state index in [0.29, 0.717) is 23.6 Å². The second-order valence-electron chi connectivity index (χ2n) is 7.13. The molecule has 0 radical (unpaired) electrons. The van der Waals surface area contributed by atoms with Crippen molar-refractivity contribution in [1.82, 2.24) is 10.9 Å². The van der Waals surface area contributed by atoms with Crippen LogP contribution >= 0.6 is 11.8 Å². The lowest BCUT2D eigenvalue weighted by Gasteiger charge is -2.11. The minimum Gasteiger partial charge on any atom is -0.494 e. The van der Waals surface area contributed by atoms with Crippen LogP contribution in [0.3, 0.4) is 0 Å². The summed E-state index contributed by atoms with van der Waals surface area (Å²) in [6.45, 7) is 2.33. The molecule has 0 saturated heterocycles. The molecule has 34 heavy (non-hydrogen) atoms. The van der Waals surface area contributed by atoms with Crippen molar-refractivity contribution in [3.8, 4) is 5.75 Å². The van der Waals surface area contributed by atoms with Crippen LogP contribution in [0.25, 0.3) is 0 Å². The van der Waals surface area contributed by atoms with Crippen LogP contribution in [-0.2, 0) is 15.8 Å². The number of sulfonamides is 1. The maximum atomic E-state index is 12.6. The van der Waals surface area contributed by atoms with Gasteiger partial charge in [0.05, 0.1) is 11.5 Å². The molecule has 0 aromatic heterocycles. The van der Waals surface area contributed by atoms with Gasteiger partial charge in [-0.2, -0.15) is 11.8 Å². The first-order valence-electron chi connectivity index (χ1n) is 10.4. The zero-order chi connectivity index (χ0) is 24.6. The number of rotatable bonds is 9. The molecule has 0 bridgehead atoms. The first kappa shape index (κ1) is 25.1. The van der Waals surface area contributed by atoms with Crippen LogP contribution in [0.15, 0.2) is 77.7 Å². The van der Waals surface area contributed by atoms with Crippen LogP contribution in [0.4, 0.5) is 5.69 Å². The van der Waals surface area contributed by atoms with Crippen molar-refractivity contribution in [3.05, 3.63) is 89.5 Å². The van der Waals surface area contributed by atoms with Gasteiger partial charge in [-0.25, -0.2) is 8.42 Å². The van der Waals surface area contributed by atoms with Gasteiger partial charge >= 0.3 is 0 Å². The molecule has 0 unspecified atom stereocenters. The van der Waals surface area contributed by atoms with E-state index in [0.717, 1.165) is 11.3 Å². The third-order valence-corrected chi connectivity index (χ3v) is 6.65. The van der Waals surface area contributed by atoms with E-state index in [1.165, 1.54) is 36.4 Å². The van der Waals surface area contributed by atoms with Crippen molar-refractivity contribution in [2.45, 2.75) is 17.6 Å². The van der Waals surface area contributed by atoms with Crippen molar-refractivity contribution < 1.29 is 22.7 Å². The van der Waals surface area contributed by atoms with Crippen LogP contribution in [0.2, 0.25) is 0 Å². The quantitative estimate of drug-likeness (QED) is 0.386. The van der Waals surface area contributed by atoms with Crippen molar-refractivity contribution in [1.29, 1.82) is 0 Å². The molecule has 0 atom stereocenters. The van der Waals surface area contributed by atoms with Gasteiger partial charge in [0, 0.05) is 22.6 Å². The highest BCUT2D eigenvalue weighted by Crippen LogP contribution is 2.20. The molecule has 8 nitrogen and oxygen atoms in total. The highest BCUT2D eigenvalue weighted by Gasteiger charge is 2.15. The molecule has 0 aliphatic heterocycles. The van der Waals surface area contributed by atoms with Gasteiger partial charge in [0.2, 0.25) is 0 Å². The van der Waals surface area contributed by atoms with Gasteiger partial charge in [-0.3, -0.25) is 25.2 Å². The summed E-state index contributed by atoms with van der Waals surface area (Å²) in [5.41, 5.74) is 6.74. The zero-order valence-electron chi connectivity index (χ0n) is 18.7. The largest absolute Gasteiger partial charge is 0.494 e. The lowest BCUT2D eigenvalue weighted by atomic mass is 10.1. The summed E-state index contributed by atoms with van der Waals surface area (Å²) in [4.78, 5) is 24.8. The topological polar surface area (TPSA) is 114 Å². The summed E-state index contributed by atoms with van der Waals surface area (Å²) in [5.74, 6) is 0.393. The van der Waals surface area contributed by atoms with Gasteiger partial charge in [-0.15, -0.1) is 0 Å². The van der Waals surface area contributed by atoms with Gasteiger partial charge in [0.25, 0.3) is 21.8 Å². The Balaban J connectivity index is 1.58. The van der Waals surface area contributed by atoms with Crippen molar-refractivity contribution in [2.24, 2.45) is 0 Å². The predicted octanol–water partition coefficient (Wildman–Crippen LogP) is 3.82. The van der Waals surface area contributed by atoms with Crippen LogP contribution in [-0.4, -0.2) is 33.1 Å². The summed E-state index contributed by atoms with van der Waals surface area (Å²) < 4.78 is 33.0. The van der Waals surface area contributed by atoms with E-state index in [1.54, 1.807) is 42.1 Å². The van der Waals surface area contributed by atoms with Gasteiger partial charge in [0.15, 0.2) is 0 Å². The average molecular weight is 500 g/mol. The number of hydrogen-bond donors (Lipinski definition) is 3. The van der Waals surface area contributed by atoms with Gasteiger partial charge in [0.1, 0.15) is 5.75 Å². The van der Waals surface area contributed by atoms with E-state index in [1.807, 2.05) is 19.2 Å². The lowest BCUT2D eigenvalue weighted by Crippen LogP contribution is -2.41. The molecule has 3 rings (SSSR count). The number of nitrogens with one attached hydrogen (secondary N) is 3. The number of carbonyl (C=O) groups is 2. The molecule has 0 fully saturated rings. The van der Waals surface area contributed by atoms with E-state index < -0.39 is 21.8 Å². The third-order valence-electron chi connectivity index (χ3n) is 4.63. The maximum Gasteiger partial charge on any atom is 0.269 e. The summed E-state index contributed by atoms with van der Waals surface area (Å²) >= 11 is 1.65. The number of carbonyl (C=O) groups excluding carboxylic acids is 2. The molecule has 3 aromatic rings. The lowest BCUT2D eigenvalue weighted by molar-refractivity contribution is 0.0846. The van der Waals surface area contributed by atoms with E-state index in [-0.39, 0.29) is 10.5 Å². The number of amides is 2. The fourth-order valence-corrected chi connectivity index (χ4v) is 4.58. The number of hydrogen-bond acceptors (Lipinski definition) is 6. The molecular weight excluding hydrogens is 474 g/mol. The number of thioether (sulfide) groups is 1. The molecule has 3 aromatic carbocycles. The Bertz CT molecular complexity index is 1240. The van der Waals surface area contributed by atoms with Crippen molar-refractivity contribution in [3.63, 3.8) is 0 Å². The number of anilines is 1. The minimum atomic E-state index is -3.80. The normalized spacial score (nSPS) is 10.9. The second kappa shape index (κ2) is 11.6. The molecule has 10 heteroatoms. The number of benzene rings is 3. The monoisotopic (exact) mass is 499 g/mol. The molecule has 0 saturated carbocycles. The Morgan fingerprint density at radius 1 is 0.882 bits per heavy atom. The molecule has 0 heterocycles. The first-order valence-corrected chi connectivity index (χ1v) is 13.2. The standard InChI is InChI=1S/C24H25N3O5S2/c1-3-32-21-11-13-22(14-12-21)34(30,31)27-20-9-7-18(8-10-20)23(28)25-26-24(29)19-6-4-5-17(15-19)16-33-2/h4-15,27H,3,16H2,1-2H3,(H,25,28)(H,26,29). The van der Waals surface area contributed by atoms with Crippen LogP contribution in [0.5, 0.6) is 5.75 Å². The van der Waals surface area contributed by atoms with Gasteiger partial charge < -0.3 is 4.74 Å². The van der Waals surface area contributed by atoms with Gasteiger partial charge in [-0.1, -0.05) is 12.1 Å². The van der Waals surface area contributed by atoms with E-state index >= 15 is 0 Å². The SMILES string of the molecule is CCOc1ccc(S(=O)(=O)Nc2ccc(C(=O)NNC(=O)c3cccc(CSC)c3)cc2)cc1. The smallest absolute Gasteiger partial charge is 0.269 e. The fourth-order valence-electron chi connectivity index (χ4n) is 3.01. The Kier molecular flexibility index (Phi) is 8.55. The van der Waals surface area contributed by atoms with E-state index in [2.05, 4.69) is 15.6 Å². The highest BCUT2D eigenvalue weighted by molar-refractivity contribution is 7.97. The zero-order valence-corrected chi connectivity index (χ0v) is 20.3. The van der Waals surface area contributed by atoms with Crippen LogP contribution < -0.4 is 20.3 Å². The minimum absolute atomic E-state index is 0.0853. The third kappa shape index (κ3) is 6.75. The second-order valence-corrected chi connectivity index (χ2v) is 9.68. The molecule has 0 aliphatic rings. The van der Waals surface area contributed by atoms with Gasteiger partial charge in [-0.05, 0) is 79.4 Å². The molecule has 2 amide bonds. The van der Waals surface area contributed by atoms with Crippen molar-refractivity contribution in [2.75, 3.05) is 17.6 Å². The summed E-state index contributed by atoms with van der Waals surface area (Å²) in [5, 5.41) is 0. The van der Waals surface area contributed by atoms with E-state index in [4.69, 9.17) is 4.74 Å². The molecule has 3 N–H and O–H groups in total. The maximum absolute atomic E-state index is 12.6. The molecule has 0 spiro atoms. The number of ether oxygens (including phenoxy) is 1. The Morgan fingerprint density at radius 2 is 1.53 bits per heavy atom. The highest BCUT2D eigenvalue weighted by atomic mass is 32.2. The van der Waals surface area contributed by atoms with Crippen LogP contribution in [0, 0.1) is 0 Å². The predicted molar refractivity (Wildman–Crippen MR) is 133 cm³/mol. The summed E-state index contributed by atoms with van der Waals surface area (Å²) in [7, 11) is -3.80. The molecular formula is C24H25N3O5S2. The van der Waals surface area contributed by atoms with Crippen LogP contribution in [0.1, 0.15) is 33.2 Å².